The maximum atomic E-state index is 8.81. The molecule has 0 aliphatic heterocycles. The number of aliphatic imine (C=N–C) groups is 2. The first kappa shape index (κ1) is 30.2. The number of carbonyl (C=O) groups is 2. The average molecular weight is 486 g/mol. The van der Waals surface area contributed by atoms with Crippen molar-refractivity contribution in [1.29, 1.82) is 0 Å². The van der Waals surface area contributed by atoms with Gasteiger partial charge in [-0.2, -0.15) is 0 Å². The lowest BCUT2D eigenvalue weighted by Gasteiger charge is -2.06. The van der Waals surface area contributed by atoms with Crippen LogP contribution in [0.3, 0.4) is 0 Å². The third-order valence-corrected chi connectivity index (χ3v) is 5.54. The van der Waals surface area contributed by atoms with Gasteiger partial charge in [-0.3, -0.25) is 19.6 Å². The minimum absolute atomic E-state index is 0.194. The van der Waals surface area contributed by atoms with Crippen molar-refractivity contribution in [2.24, 2.45) is 9.98 Å². The van der Waals surface area contributed by atoms with E-state index in [1.807, 2.05) is 13.8 Å². The molecule has 0 spiro atoms. The molecule has 0 radical (unpaired) electrons. The fourth-order valence-electron chi connectivity index (χ4n) is 4.16. The van der Waals surface area contributed by atoms with Crippen LogP contribution >= 0.6 is 0 Å². The first-order valence-electron chi connectivity index (χ1n) is 11.9. The van der Waals surface area contributed by atoms with E-state index in [9.17, 15) is 0 Å². The van der Waals surface area contributed by atoms with Gasteiger partial charge in [-0.25, -0.2) is 0 Å². The number of rotatable bonds is 4. The van der Waals surface area contributed by atoms with Crippen molar-refractivity contribution in [3.63, 3.8) is 0 Å². The number of aryl methyl sites for hydroxylation is 9. The molecule has 0 aromatic heterocycles. The van der Waals surface area contributed by atoms with Crippen molar-refractivity contribution in [3.8, 4) is 0 Å². The van der Waals surface area contributed by atoms with Crippen LogP contribution in [0.4, 0.5) is 17.1 Å². The zero-order chi connectivity index (χ0) is 27.4. The Morgan fingerprint density at radius 3 is 1.00 bits per heavy atom. The summed E-state index contributed by atoms with van der Waals surface area (Å²) in [6, 6.07) is 12.8. The highest BCUT2D eigenvalue weighted by Gasteiger charge is 2.02. The fourth-order valence-corrected chi connectivity index (χ4v) is 4.16. The van der Waals surface area contributed by atoms with Crippen LogP contribution in [0.15, 0.2) is 46.4 Å². The molecular formula is C31H39N3O2. The Balaban J connectivity index is 0.000000382. The van der Waals surface area contributed by atoms with E-state index in [2.05, 4.69) is 94.8 Å². The molecule has 0 unspecified atom stereocenters. The van der Waals surface area contributed by atoms with Crippen molar-refractivity contribution in [2.45, 2.75) is 62.3 Å². The molecule has 0 aliphatic rings. The van der Waals surface area contributed by atoms with Gasteiger partial charge in [-0.05, 0) is 95.7 Å². The number of hydrogen-bond acceptors (Lipinski definition) is 5. The first-order chi connectivity index (χ1) is 16.9. The highest BCUT2D eigenvalue weighted by atomic mass is 16.2. The van der Waals surface area contributed by atoms with Gasteiger partial charge in [0.05, 0.1) is 11.4 Å². The fraction of sp³-hybridized carbons (Fsp3) is 0.290. The van der Waals surface area contributed by atoms with Gasteiger partial charge < -0.3 is 5.73 Å². The molecule has 3 rings (SSSR count). The molecule has 3 aromatic carbocycles. The van der Waals surface area contributed by atoms with Crippen molar-refractivity contribution in [1.82, 2.24) is 0 Å². The van der Waals surface area contributed by atoms with Crippen molar-refractivity contribution in [3.05, 3.63) is 86.5 Å². The Morgan fingerprint density at radius 1 is 0.500 bits per heavy atom. The van der Waals surface area contributed by atoms with Crippen molar-refractivity contribution >= 4 is 42.1 Å². The zero-order valence-corrected chi connectivity index (χ0v) is 23.1. The lowest BCUT2D eigenvalue weighted by Crippen LogP contribution is -1.93. The number of carbonyl (C=O) groups excluding carboxylic acids is 2. The minimum atomic E-state index is 0.194. The van der Waals surface area contributed by atoms with Crippen LogP contribution in [-0.4, -0.2) is 25.0 Å². The van der Waals surface area contributed by atoms with Crippen LogP contribution in [0.1, 0.15) is 50.1 Å². The van der Waals surface area contributed by atoms with E-state index in [0.717, 1.165) is 17.1 Å². The molecule has 0 atom stereocenters. The lowest BCUT2D eigenvalue weighted by atomic mass is 10.1. The van der Waals surface area contributed by atoms with Gasteiger partial charge in [0.1, 0.15) is 0 Å². The largest absolute Gasteiger partial charge is 0.398 e. The van der Waals surface area contributed by atoms with Crippen LogP contribution in [0.2, 0.25) is 0 Å². The van der Waals surface area contributed by atoms with Crippen LogP contribution in [0.25, 0.3) is 0 Å². The van der Waals surface area contributed by atoms with Crippen molar-refractivity contribution in [2.75, 3.05) is 5.73 Å². The molecule has 0 amide bonds. The Kier molecular flexibility index (Phi) is 12.2. The Hall–Kier alpha value is -3.86. The van der Waals surface area contributed by atoms with Crippen LogP contribution in [0.5, 0.6) is 0 Å². The smallest absolute Gasteiger partial charge is 0.182 e. The molecule has 2 N–H and O–H groups in total. The second-order valence-electron chi connectivity index (χ2n) is 9.14. The number of hydrogen-bond donors (Lipinski definition) is 1. The summed E-state index contributed by atoms with van der Waals surface area (Å²) in [6.45, 7) is 18.8. The molecule has 0 bridgehead atoms. The summed E-state index contributed by atoms with van der Waals surface area (Å²) in [5, 5.41) is 0. The van der Waals surface area contributed by atoms with E-state index in [4.69, 9.17) is 15.3 Å². The maximum Gasteiger partial charge on any atom is 0.182 e. The van der Waals surface area contributed by atoms with Crippen LogP contribution in [0, 0.1) is 62.3 Å². The summed E-state index contributed by atoms with van der Waals surface area (Å²) in [7, 11) is 0. The van der Waals surface area contributed by atoms with E-state index in [0.29, 0.717) is 0 Å². The van der Waals surface area contributed by atoms with Gasteiger partial charge >= 0.3 is 0 Å². The third kappa shape index (κ3) is 9.41. The van der Waals surface area contributed by atoms with E-state index >= 15 is 0 Å². The van der Waals surface area contributed by atoms with E-state index in [1.165, 1.54) is 50.1 Å². The van der Waals surface area contributed by atoms with Gasteiger partial charge in [-0.1, -0.05) is 53.1 Å². The number of nitrogen functional groups attached to an aromatic ring is 1. The Labute approximate surface area is 216 Å². The first-order valence-corrected chi connectivity index (χ1v) is 11.9. The van der Waals surface area contributed by atoms with Crippen LogP contribution in [-0.2, 0) is 9.59 Å². The van der Waals surface area contributed by atoms with E-state index < -0.39 is 0 Å². The quantitative estimate of drug-likeness (QED) is 0.183. The molecule has 0 saturated heterocycles. The Bertz CT molecular complexity index is 1130. The number of anilines is 1. The van der Waals surface area contributed by atoms with Gasteiger partial charge in [0.25, 0.3) is 0 Å². The van der Waals surface area contributed by atoms with Crippen LogP contribution < -0.4 is 5.73 Å². The number of benzene rings is 3. The molecule has 3 aromatic rings. The summed E-state index contributed by atoms with van der Waals surface area (Å²) in [5.74, 6) is 0. The van der Waals surface area contributed by atoms with Gasteiger partial charge in [0, 0.05) is 18.1 Å². The van der Waals surface area contributed by atoms with Crippen molar-refractivity contribution < 1.29 is 9.59 Å². The second-order valence-corrected chi connectivity index (χ2v) is 9.14. The van der Waals surface area contributed by atoms with Gasteiger partial charge in [0.2, 0.25) is 0 Å². The summed E-state index contributed by atoms with van der Waals surface area (Å²) in [4.78, 5) is 26.7. The van der Waals surface area contributed by atoms with E-state index in [-0.39, 0.29) is 12.6 Å². The molecule has 0 heterocycles. The topological polar surface area (TPSA) is 84.9 Å². The summed E-state index contributed by atoms with van der Waals surface area (Å²) >= 11 is 0. The van der Waals surface area contributed by atoms with Gasteiger partial charge in [-0.15, -0.1) is 0 Å². The molecule has 0 saturated carbocycles. The Morgan fingerprint density at radius 2 is 0.750 bits per heavy atom. The standard InChI is InChI=1S/C20H24N2.C9H13N.C2H2O2/c1-13-9-15(3)19(16(4)10-13)21-7-8-22-20-17(5)11-14(2)12-18(20)6;1-6-4-7(2)9(10)8(3)5-6;3-1-2-4/h7-12H,1-6H3;4-5H,10H2,1-3H3;1-2H. The highest BCUT2D eigenvalue weighted by molar-refractivity contribution is 6.17. The summed E-state index contributed by atoms with van der Waals surface area (Å²) < 4.78 is 0. The predicted molar refractivity (Wildman–Crippen MR) is 155 cm³/mol. The number of nitrogens with zero attached hydrogens (tertiary/aromatic N) is 2. The second kappa shape index (κ2) is 14.5. The minimum Gasteiger partial charge on any atom is -0.398 e. The molecular weight excluding hydrogens is 446 g/mol. The molecule has 5 heteroatoms. The maximum absolute atomic E-state index is 8.81. The molecule has 0 aliphatic carbocycles. The molecule has 0 fully saturated rings. The number of nitrogens with two attached hydrogens (primary N) is 1. The lowest BCUT2D eigenvalue weighted by molar-refractivity contribution is -0.122. The summed E-state index contributed by atoms with van der Waals surface area (Å²) in [6.07, 6.45) is 3.95. The normalized spacial score (nSPS) is 10.5. The summed E-state index contributed by atoms with van der Waals surface area (Å²) in [5.41, 5.74) is 19.7. The number of aldehydes is 2. The monoisotopic (exact) mass is 485 g/mol. The molecule has 5 nitrogen and oxygen atoms in total. The molecule has 36 heavy (non-hydrogen) atoms. The average Bonchev–Trinajstić information content (AvgIpc) is 2.78. The third-order valence-electron chi connectivity index (χ3n) is 5.54. The predicted octanol–water partition coefficient (Wildman–Crippen LogP) is 7.22. The zero-order valence-electron chi connectivity index (χ0n) is 23.1. The SMILES string of the molecule is Cc1cc(C)c(N)c(C)c1.Cc1cc(C)c(N=CC=Nc2c(C)cc(C)cc2C)c(C)c1.O=CC=O. The van der Waals surface area contributed by atoms with E-state index in [1.54, 1.807) is 12.4 Å². The highest BCUT2D eigenvalue weighted by Crippen LogP contribution is 2.26. The molecule has 190 valence electrons. The van der Waals surface area contributed by atoms with Gasteiger partial charge in [0.15, 0.2) is 12.6 Å².